The minimum atomic E-state index is 0.199. The maximum absolute atomic E-state index is 5.93. The number of halogens is 1. The fourth-order valence-corrected chi connectivity index (χ4v) is 3.70. The zero-order chi connectivity index (χ0) is 10.8. The maximum atomic E-state index is 5.93. The number of fused-ring (bicyclic) bond motifs is 5. The van der Waals surface area contributed by atoms with Gasteiger partial charge in [-0.05, 0) is 35.8 Å². The lowest BCUT2D eigenvalue weighted by Gasteiger charge is -2.33. The normalized spacial score (nSPS) is 35.6. The van der Waals surface area contributed by atoms with Gasteiger partial charge in [-0.25, -0.2) is 0 Å². The zero-order valence-electron chi connectivity index (χ0n) is 9.34. The molecule has 0 amide bonds. The number of nitrogens with zero attached hydrogens (tertiary/aromatic N) is 2. The van der Waals surface area contributed by atoms with Crippen molar-refractivity contribution >= 4 is 11.6 Å². The van der Waals surface area contributed by atoms with E-state index in [1.807, 2.05) is 6.07 Å². The molecule has 0 unspecified atom stereocenters. The van der Waals surface area contributed by atoms with Crippen molar-refractivity contribution in [3.63, 3.8) is 0 Å². The van der Waals surface area contributed by atoms with Gasteiger partial charge in [0.15, 0.2) is 5.15 Å². The molecule has 1 aromatic rings. The first kappa shape index (κ1) is 9.59. The first-order valence-corrected chi connectivity index (χ1v) is 5.88. The van der Waals surface area contributed by atoms with Gasteiger partial charge in [0.25, 0.3) is 0 Å². The summed E-state index contributed by atoms with van der Waals surface area (Å²) in [5, 5.41) is 8.85. The van der Waals surface area contributed by atoms with Crippen molar-refractivity contribution in [3.8, 4) is 0 Å². The summed E-state index contributed by atoms with van der Waals surface area (Å²) in [7, 11) is 0. The van der Waals surface area contributed by atoms with Gasteiger partial charge < -0.3 is 0 Å². The Kier molecular flexibility index (Phi) is 1.62. The predicted octanol–water partition coefficient (Wildman–Crippen LogP) is 3.30. The molecule has 3 heteroatoms. The molecule has 0 saturated heterocycles. The van der Waals surface area contributed by atoms with E-state index in [9.17, 15) is 0 Å². The van der Waals surface area contributed by atoms with E-state index in [4.69, 9.17) is 11.6 Å². The quantitative estimate of drug-likeness (QED) is 0.673. The molecule has 2 atom stereocenters. The summed E-state index contributed by atoms with van der Waals surface area (Å²) in [5.74, 6) is 0.616. The second-order valence-corrected chi connectivity index (χ2v) is 6.00. The summed E-state index contributed by atoms with van der Waals surface area (Å²) in [6, 6.07) is 2.01. The Labute approximate surface area is 95.1 Å². The molecule has 1 fully saturated rings. The van der Waals surface area contributed by atoms with Crippen LogP contribution in [0.3, 0.4) is 0 Å². The Balaban J connectivity index is 2.29. The van der Waals surface area contributed by atoms with Gasteiger partial charge in [0.1, 0.15) is 0 Å². The molecule has 2 aliphatic carbocycles. The average molecular weight is 223 g/mol. The SMILES string of the molecule is CC1(C)[C@H]2CC[C@]1(C)c1nnc(Cl)cc12. The molecule has 2 bridgehead atoms. The molecule has 0 N–H and O–H groups in total. The molecule has 0 spiro atoms. The van der Waals surface area contributed by atoms with Gasteiger partial charge in [0.05, 0.1) is 5.69 Å². The molecule has 80 valence electrons. The largest absolute Gasteiger partial charge is 0.153 e. The highest BCUT2D eigenvalue weighted by atomic mass is 35.5. The monoisotopic (exact) mass is 222 g/mol. The van der Waals surface area contributed by atoms with Gasteiger partial charge in [0, 0.05) is 5.41 Å². The molecule has 0 radical (unpaired) electrons. The summed E-state index contributed by atoms with van der Waals surface area (Å²) in [5.41, 5.74) is 3.03. The molecule has 1 aromatic heterocycles. The Morgan fingerprint density at radius 2 is 2.07 bits per heavy atom. The number of hydrogen-bond donors (Lipinski definition) is 0. The van der Waals surface area contributed by atoms with Crippen LogP contribution in [0.2, 0.25) is 5.15 Å². The van der Waals surface area contributed by atoms with Crippen molar-refractivity contribution in [3.05, 3.63) is 22.5 Å². The second kappa shape index (κ2) is 2.54. The average Bonchev–Trinajstić information content (AvgIpc) is 2.47. The fraction of sp³-hybridized carbons (Fsp3) is 0.667. The third-order valence-corrected chi connectivity index (χ3v) is 5.10. The van der Waals surface area contributed by atoms with Crippen molar-refractivity contribution < 1.29 is 0 Å². The van der Waals surface area contributed by atoms with Crippen LogP contribution in [-0.4, -0.2) is 10.2 Å². The summed E-state index contributed by atoms with van der Waals surface area (Å²) in [6.45, 7) is 7.02. The van der Waals surface area contributed by atoms with Crippen LogP contribution >= 0.6 is 11.6 Å². The van der Waals surface area contributed by atoms with E-state index in [0.717, 1.165) is 0 Å². The number of hydrogen-bond acceptors (Lipinski definition) is 2. The second-order valence-electron chi connectivity index (χ2n) is 5.62. The Hall–Kier alpha value is -0.630. The molecular formula is C12H15ClN2. The first-order valence-electron chi connectivity index (χ1n) is 5.50. The van der Waals surface area contributed by atoms with Gasteiger partial charge in [-0.3, -0.25) is 0 Å². The standard InChI is InChI=1S/C12H15ClN2/c1-11(2)8-4-5-12(11,3)10-7(8)6-9(13)14-15-10/h6,8H,4-5H2,1-3H3/t8-,12+/m0/s1. The van der Waals surface area contributed by atoms with Crippen LogP contribution in [0.1, 0.15) is 50.8 Å². The molecule has 15 heavy (non-hydrogen) atoms. The van der Waals surface area contributed by atoms with Crippen LogP contribution in [0, 0.1) is 5.41 Å². The maximum Gasteiger partial charge on any atom is 0.152 e. The Morgan fingerprint density at radius 3 is 2.80 bits per heavy atom. The van der Waals surface area contributed by atoms with E-state index in [0.29, 0.717) is 16.5 Å². The summed E-state index contributed by atoms with van der Waals surface area (Å²) in [6.07, 6.45) is 2.49. The highest BCUT2D eigenvalue weighted by molar-refractivity contribution is 6.29. The smallest absolute Gasteiger partial charge is 0.152 e. The van der Waals surface area contributed by atoms with Crippen LogP contribution < -0.4 is 0 Å². The number of aromatic nitrogens is 2. The fourth-order valence-electron chi connectivity index (χ4n) is 3.54. The van der Waals surface area contributed by atoms with Gasteiger partial charge in [0.2, 0.25) is 0 Å². The van der Waals surface area contributed by atoms with Crippen LogP contribution in [-0.2, 0) is 5.41 Å². The van der Waals surface area contributed by atoms with Gasteiger partial charge in [-0.15, -0.1) is 5.10 Å². The summed E-state index contributed by atoms with van der Waals surface area (Å²) < 4.78 is 0. The molecule has 1 heterocycles. The Bertz CT molecular complexity index is 441. The van der Waals surface area contributed by atoms with Gasteiger partial charge in [-0.1, -0.05) is 32.4 Å². The molecule has 2 nitrogen and oxygen atoms in total. The van der Waals surface area contributed by atoms with Crippen molar-refractivity contribution in [1.29, 1.82) is 0 Å². The molecule has 2 aliphatic rings. The predicted molar refractivity (Wildman–Crippen MR) is 60.2 cm³/mol. The van der Waals surface area contributed by atoms with Crippen LogP contribution in [0.15, 0.2) is 6.07 Å². The van der Waals surface area contributed by atoms with Gasteiger partial charge >= 0.3 is 0 Å². The molecule has 1 saturated carbocycles. The molecule has 3 rings (SSSR count). The lowest BCUT2D eigenvalue weighted by atomic mass is 9.70. The highest BCUT2D eigenvalue weighted by Gasteiger charge is 2.60. The van der Waals surface area contributed by atoms with Crippen LogP contribution in [0.4, 0.5) is 0 Å². The van der Waals surface area contributed by atoms with Gasteiger partial charge in [-0.2, -0.15) is 5.10 Å². The lowest BCUT2D eigenvalue weighted by Crippen LogP contribution is -2.32. The lowest BCUT2D eigenvalue weighted by molar-refractivity contribution is 0.226. The third-order valence-electron chi connectivity index (χ3n) is 4.92. The van der Waals surface area contributed by atoms with Crippen molar-refractivity contribution in [1.82, 2.24) is 10.2 Å². The third kappa shape index (κ3) is 0.919. The topological polar surface area (TPSA) is 25.8 Å². The highest BCUT2D eigenvalue weighted by Crippen LogP contribution is 2.67. The molecule has 0 aliphatic heterocycles. The molecule has 0 aromatic carbocycles. The van der Waals surface area contributed by atoms with Crippen LogP contribution in [0.5, 0.6) is 0 Å². The van der Waals surface area contributed by atoms with E-state index < -0.39 is 0 Å². The van der Waals surface area contributed by atoms with E-state index in [1.165, 1.54) is 24.1 Å². The van der Waals surface area contributed by atoms with E-state index >= 15 is 0 Å². The van der Waals surface area contributed by atoms with Crippen molar-refractivity contribution in [2.45, 2.75) is 44.9 Å². The number of rotatable bonds is 0. The minimum absolute atomic E-state index is 0.199. The first-order chi connectivity index (χ1) is 6.97. The minimum Gasteiger partial charge on any atom is -0.153 e. The molecular weight excluding hydrogens is 208 g/mol. The van der Waals surface area contributed by atoms with E-state index in [2.05, 4.69) is 31.0 Å². The Morgan fingerprint density at radius 1 is 1.33 bits per heavy atom. The van der Waals surface area contributed by atoms with Crippen molar-refractivity contribution in [2.75, 3.05) is 0 Å². The summed E-state index contributed by atoms with van der Waals surface area (Å²) in [4.78, 5) is 0. The zero-order valence-corrected chi connectivity index (χ0v) is 10.1. The summed E-state index contributed by atoms with van der Waals surface area (Å²) >= 11 is 5.93. The van der Waals surface area contributed by atoms with E-state index in [1.54, 1.807) is 0 Å². The van der Waals surface area contributed by atoms with E-state index in [-0.39, 0.29) is 5.41 Å². The van der Waals surface area contributed by atoms with Crippen molar-refractivity contribution in [2.24, 2.45) is 5.41 Å². The van der Waals surface area contributed by atoms with Crippen LogP contribution in [0.25, 0.3) is 0 Å².